The molecule has 150 valence electrons. The molecule has 4 unspecified atom stereocenters. The highest BCUT2D eigenvalue weighted by molar-refractivity contribution is 5.85. The van der Waals surface area contributed by atoms with Crippen molar-refractivity contribution < 1.29 is 9.13 Å². The van der Waals surface area contributed by atoms with Crippen molar-refractivity contribution in [2.45, 2.75) is 64.7 Å². The molecule has 0 saturated heterocycles. The van der Waals surface area contributed by atoms with Gasteiger partial charge < -0.3 is 4.74 Å². The van der Waals surface area contributed by atoms with Crippen molar-refractivity contribution in [1.29, 1.82) is 0 Å². The van der Waals surface area contributed by atoms with E-state index in [0.717, 1.165) is 28.5 Å². The topological polar surface area (TPSA) is 9.23 Å². The highest BCUT2D eigenvalue weighted by Gasteiger charge is 2.35. The zero-order chi connectivity index (χ0) is 19.5. The molecule has 2 aliphatic carbocycles. The second-order valence-electron chi connectivity index (χ2n) is 8.88. The van der Waals surface area contributed by atoms with Crippen LogP contribution in [-0.4, -0.2) is 6.61 Å². The zero-order valence-electron chi connectivity index (χ0n) is 17.3. The van der Waals surface area contributed by atoms with Crippen LogP contribution in [0, 0.1) is 23.6 Å². The van der Waals surface area contributed by atoms with Crippen LogP contribution in [-0.2, 0) is 0 Å². The standard InChI is InChI=1S/C26H33FO/c1-3-5-12-28-24-15-23-11-10-22(16-25(23)26(27)17-24)21-9-8-19-13-18(4-2)6-7-20(19)14-21/h3,5,10-11,15-21H,4,6-9,12-14H2,1-2H3. The Kier molecular flexibility index (Phi) is 6.04. The maximum absolute atomic E-state index is 14.8. The number of benzene rings is 2. The molecule has 2 aromatic carbocycles. The molecule has 0 spiro atoms. The number of halogens is 1. The lowest BCUT2D eigenvalue weighted by Gasteiger charge is -2.42. The van der Waals surface area contributed by atoms with Crippen LogP contribution in [0.1, 0.15) is 70.3 Å². The van der Waals surface area contributed by atoms with E-state index in [2.05, 4.69) is 25.1 Å². The van der Waals surface area contributed by atoms with Crippen LogP contribution in [0.4, 0.5) is 4.39 Å². The van der Waals surface area contributed by atoms with Gasteiger partial charge in [-0.1, -0.05) is 44.1 Å². The molecule has 2 aliphatic rings. The van der Waals surface area contributed by atoms with Gasteiger partial charge in [-0.2, -0.15) is 0 Å². The Balaban J connectivity index is 1.50. The summed E-state index contributed by atoms with van der Waals surface area (Å²) in [5.41, 5.74) is 1.32. The first kappa shape index (κ1) is 19.5. The molecule has 0 bridgehead atoms. The fourth-order valence-electron chi connectivity index (χ4n) is 5.54. The Morgan fingerprint density at radius 2 is 1.86 bits per heavy atom. The smallest absolute Gasteiger partial charge is 0.134 e. The first-order valence-corrected chi connectivity index (χ1v) is 11.1. The second kappa shape index (κ2) is 8.68. The van der Waals surface area contributed by atoms with E-state index in [1.54, 1.807) is 0 Å². The van der Waals surface area contributed by atoms with Gasteiger partial charge >= 0.3 is 0 Å². The minimum atomic E-state index is -0.174. The summed E-state index contributed by atoms with van der Waals surface area (Å²) >= 11 is 0. The summed E-state index contributed by atoms with van der Waals surface area (Å²) < 4.78 is 20.4. The molecule has 0 N–H and O–H groups in total. The van der Waals surface area contributed by atoms with Crippen molar-refractivity contribution in [2.75, 3.05) is 6.61 Å². The van der Waals surface area contributed by atoms with Crippen LogP contribution < -0.4 is 4.74 Å². The van der Waals surface area contributed by atoms with Crippen LogP contribution in [0.25, 0.3) is 10.8 Å². The SMILES string of the molecule is CC=CCOc1cc(F)c2cc(C3CCC4CC(CC)CCC4C3)ccc2c1. The Morgan fingerprint density at radius 3 is 2.68 bits per heavy atom. The molecule has 0 heterocycles. The van der Waals surface area contributed by atoms with Gasteiger partial charge in [0.2, 0.25) is 0 Å². The monoisotopic (exact) mass is 380 g/mol. The van der Waals surface area contributed by atoms with E-state index in [4.69, 9.17) is 4.74 Å². The number of ether oxygens (including phenoxy) is 1. The van der Waals surface area contributed by atoms with Crippen LogP contribution in [0.5, 0.6) is 5.75 Å². The molecule has 0 aromatic heterocycles. The molecule has 2 saturated carbocycles. The summed E-state index contributed by atoms with van der Waals surface area (Å²) in [5.74, 6) is 3.79. The van der Waals surface area contributed by atoms with Gasteiger partial charge in [0.1, 0.15) is 18.2 Å². The Hall–Kier alpha value is -1.83. The number of hydrogen-bond donors (Lipinski definition) is 0. The molecule has 4 atom stereocenters. The van der Waals surface area contributed by atoms with E-state index in [-0.39, 0.29) is 5.82 Å². The van der Waals surface area contributed by atoms with Gasteiger partial charge in [-0.15, -0.1) is 0 Å². The summed E-state index contributed by atoms with van der Waals surface area (Å²) in [6, 6.07) is 9.88. The molecule has 0 amide bonds. The Labute approximate surface area is 169 Å². The summed E-state index contributed by atoms with van der Waals surface area (Å²) in [4.78, 5) is 0. The lowest BCUT2D eigenvalue weighted by atomic mass is 9.63. The normalized spacial score (nSPS) is 27.8. The van der Waals surface area contributed by atoms with E-state index in [1.165, 1.54) is 56.6 Å². The summed E-state index contributed by atoms with van der Waals surface area (Å²) in [5, 5.41) is 1.66. The lowest BCUT2D eigenvalue weighted by Crippen LogP contribution is -2.30. The van der Waals surface area contributed by atoms with Crippen molar-refractivity contribution in [3.8, 4) is 5.75 Å². The minimum absolute atomic E-state index is 0.174. The van der Waals surface area contributed by atoms with Gasteiger partial charge in [-0.05, 0) is 85.8 Å². The Morgan fingerprint density at radius 1 is 1.04 bits per heavy atom. The van der Waals surface area contributed by atoms with Gasteiger partial charge in [0, 0.05) is 11.5 Å². The third kappa shape index (κ3) is 4.11. The molecular formula is C26H33FO. The molecule has 1 nitrogen and oxygen atoms in total. The van der Waals surface area contributed by atoms with Gasteiger partial charge in [0.15, 0.2) is 0 Å². The fourth-order valence-corrected chi connectivity index (χ4v) is 5.54. The first-order chi connectivity index (χ1) is 13.7. The molecule has 2 heteroatoms. The molecule has 2 aromatic rings. The number of fused-ring (bicyclic) bond motifs is 2. The van der Waals surface area contributed by atoms with E-state index in [1.807, 2.05) is 25.1 Å². The third-order valence-electron chi connectivity index (χ3n) is 7.25. The van der Waals surface area contributed by atoms with Crippen LogP contribution in [0.2, 0.25) is 0 Å². The average Bonchev–Trinajstić information content (AvgIpc) is 2.73. The third-order valence-corrected chi connectivity index (χ3v) is 7.25. The summed E-state index contributed by atoms with van der Waals surface area (Å²) in [6.45, 7) is 4.77. The van der Waals surface area contributed by atoms with Gasteiger partial charge in [-0.3, -0.25) is 0 Å². The Bertz CT molecular complexity index is 840. The zero-order valence-corrected chi connectivity index (χ0v) is 17.3. The molecule has 28 heavy (non-hydrogen) atoms. The lowest BCUT2D eigenvalue weighted by molar-refractivity contribution is 0.116. The molecule has 2 fully saturated rings. The maximum atomic E-state index is 14.8. The van der Waals surface area contributed by atoms with E-state index in [9.17, 15) is 4.39 Å². The van der Waals surface area contributed by atoms with E-state index < -0.39 is 0 Å². The van der Waals surface area contributed by atoms with Crippen LogP contribution in [0.15, 0.2) is 42.5 Å². The van der Waals surface area contributed by atoms with Crippen molar-refractivity contribution in [3.05, 3.63) is 53.9 Å². The second-order valence-corrected chi connectivity index (χ2v) is 8.88. The van der Waals surface area contributed by atoms with Crippen molar-refractivity contribution >= 4 is 10.8 Å². The maximum Gasteiger partial charge on any atom is 0.134 e. The van der Waals surface area contributed by atoms with Crippen LogP contribution >= 0.6 is 0 Å². The van der Waals surface area contributed by atoms with E-state index in [0.29, 0.717) is 18.3 Å². The summed E-state index contributed by atoms with van der Waals surface area (Å²) in [6.07, 6.45) is 13.4. The number of hydrogen-bond acceptors (Lipinski definition) is 1. The predicted octanol–water partition coefficient (Wildman–Crippen LogP) is 7.64. The fraction of sp³-hybridized carbons (Fsp3) is 0.538. The van der Waals surface area contributed by atoms with Crippen molar-refractivity contribution in [3.63, 3.8) is 0 Å². The van der Waals surface area contributed by atoms with Gasteiger partial charge in [0.25, 0.3) is 0 Å². The minimum Gasteiger partial charge on any atom is -0.489 e. The van der Waals surface area contributed by atoms with Crippen molar-refractivity contribution in [2.24, 2.45) is 17.8 Å². The molecule has 0 radical (unpaired) electrons. The largest absolute Gasteiger partial charge is 0.489 e. The molecule has 4 rings (SSSR count). The van der Waals surface area contributed by atoms with Crippen LogP contribution in [0.3, 0.4) is 0 Å². The highest BCUT2D eigenvalue weighted by Crippen LogP contribution is 2.48. The highest BCUT2D eigenvalue weighted by atomic mass is 19.1. The average molecular weight is 381 g/mol. The number of rotatable bonds is 5. The number of allylic oxidation sites excluding steroid dienone is 1. The van der Waals surface area contributed by atoms with E-state index >= 15 is 0 Å². The predicted molar refractivity (Wildman–Crippen MR) is 115 cm³/mol. The molecule has 0 aliphatic heterocycles. The van der Waals surface area contributed by atoms with Crippen molar-refractivity contribution in [1.82, 2.24) is 0 Å². The van der Waals surface area contributed by atoms with Gasteiger partial charge in [0.05, 0.1) is 0 Å². The quantitative estimate of drug-likeness (QED) is 0.484. The van der Waals surface area contributed by atoms with Gasteiger partial charge in [-0.25, -0.2) is 4.39 Å². The molecular weight excluding hydrogens is 347 g/mol. The summed E-state index contributed by atoms with van der Waals surface area (Å²) in [7, 11) is 0. The first-order valence-electron chi connectivity index (χ1n) is 11.1.